The highest BCUT2D eigenvalue weighted by Gasteiger charge is 2.45. The van der Waals surface area contributed by atoms with Crippen LogP contribution in [0.15, 0.2) is 18.3 Å². The third-order valence-corrected chi connectivity index (χ3v) is 5.01. The second-order valence-electron chi connectivity index (χ2n) is 6.21. The van der Waals surface area contributed by atoms with E-state index in [0.717, 1.165) is 38.0 Å². The monoisotopic (exact) mass is 304 g/mol. The summed E-state index contributed by atoms with van der Waals surface area (Å²) in [6, 6.07) is 3.67. The molecule has 120 valence electrons. The molecule has 5 nitrogen and oxygen atoms in total. The topological polar surface area (TPSA) is 51.7 Å². The molecule has 1 spiro atoms. The number of aromatic nitrogens is 1. The fourth-order valence-electron chi connectivity index (χ4n) is 3.67. The summed E-state index contributed by atoms with van der Waals surface area (Å²) in [5, 5.41) is 0. The van der Waals surface area contributed by atoms with Gasteiger partial charge in [-0.1, -0.05) is 0 Å². The number of carbonyl (C=O) groups is 1. The summed E-state index contributed by atoms with van der Waals surface area (Å²) < 4.78 is 11.7. The highest BCUT2D eigenvalue weighted by Crippen LogP contribution is 2.37. The van der Waals surface area contributed by atoms with Crippen LogP contribution in [0.25, 0.3) is 0 Å². The molecule has 0 aliphatic carbocycles. The molecule has 0 radical (unpaired) electrons. The van der Waals surface area contributed by atoms with Crippen LogP contribution >= 0.6 is 0 Å². The molecule has 5 heteroatoms. The van der Waals surface area contributed by atoms with Crippen molar-refractivity contribution in [2.75, 3.05) is 26.8 Å². The zero-order chi connectivity index (χ0) is 15.6. The van der Waals surface area contributed by atoms with Crippen molar-refractivity contribution >= 4 is 5.91 Å². The number of piperidine rings is 1. The van der Waals surface area contributed by atoms with E-state index in [2.05, 4.69) is 4.98 Å². The third kappa shape index (κ3) is 2.75. The standard InChI is InChI=1S/C17H24N2O3/c1-13-14(5-3-9-18-13)16(20)19-10-7-17(8-11-19)15(21-2)6-4-12-22-17/h3,5,9,15H,4,6-8,10-12H2,1-2H3/t15-/m1/s1. The number of hydrogen-bond acceptors (Lipinski definition) is 4. The predicted molar refractivity (Wildman–Crippen MR) is 82.8 cm³/mol. The number of ether oxygens (including phenoxy) is 2. The van der Waals surface area contributed by atoms with Crippen molar-refractivity contribution in [1.29, 1.82) is 0 Å². The van der Waals surface area contributed by atoms with Gasteiger partial charge < -0.3 is 14.4 Å². The zero-order valence-corrected chi connectivity index (χ0v) is 13.4. The molecule has 2 saturated heterocycles. The normalized spacial score (nSPS) is 24.5. The van der Waals surface area contributed by atoms with Gasteiger partial charge in [-0.2, -0.15) is 0 Å². The quantitative estimate of drug-likeness (QED) is 0.840. The van der Waals surface area contributed by atoms with Crippen molar-refractivity contribution in [2.24, 2.45) is 0 Å². The van der Waals surface area contributed by atoms with Gasteiger partial charge in [-0.05, 0) is 44.7 Å². The first-order valence-electron chi connectivity index (χ1n) is 8.04. The van der Waals surface area contributed by atoms with Crippen molar-refractivity contribution in [3.63, 3.8) is 0 Å². The van der Waals surface area contributed by atoms with E-state index in [1.165, 1.54) is 0 Å². The lowest BCUT2D eigenvalue weighted by atomic mass is 9.81. The maximum absolute atomic E-state index is 12.7. The highest BCUT2D eigenvalue weighted by molar-refractivity contribution is 5.95. The van der Waals surface area contributed by atoms with Gasteiger partial charge in [-0.25, -0.2) is 0 Å². The molecule has 1 atom stereocenters. The van der Waals surface area contributed by atoms with E-state index < -0.39 is 0 Å². The Labute approximate surface area is 131 Å². The SMILES string of the molecule is CO[C@@H]1CCCOC12CCN(C(=O)c1cccnc1C)CC2. The highest BCUT2D eigenvalue weighted by atomic mass is 16.5. The molecule has 3 rings (SSSR count). The van der Waals surface area contributed by atoms with E-state index in [1.54, 1.807) is 13.3 Å². The number of pyridine rings is 1. The molecule has 2 aliphatic rings. The maximum atomic E-state index is 12.7. The van der Waals surface area contributed by atoms with E-state index >= 15 is 0 Å². The van der Waals surface area contributed by atoms with Gasteiger partial charge in [-0.3, -0.25) is 9.78 Å². The van der Waals surface area contributed by atoms with Crippen molar-refractivity contribution in [3.8, 4) is 0 Å². The average molecular weight is 304 g/mol. The van der Waals surface area contributed by atoms with E-state index in [1.807, 2.05) is 24.0 Å². The summed E-state index contributed by atoms with van der Waals surface area (Å²) in [5.41, 5.74) is 1.29. The molecule has 2 aliphatic heterocycles. The Morgan fingerprint density at radius 1 is 1.45 bits per heavy atom. The molecule has 2 fully saturated rings. The number of hydrogen-bond donors (Lipinski definition) is 0. The lowest BCUT2D eigenvalue weighted by Crippen LogP contribution is -2.56. The molecule has 0 aromatic carbocycles. The lowest BCUT2D eigenvalue weighted by Gasteiger charge is -2.48. The summed E-state index contributed by atoms with van der Waals surface area (Å²) in [7, 11) is 1.76. The van der Waals surface area contributed by atoms with Crippen LogP contribution in [0.4, 0.5) is 0 Å². The molecule has 22 heavy (non-hydrogen) atoms. The van der Waals surface area contributed by atoms with Gasteiger partial charge in [0, 0.05) is 38.7 Å². The Morgan fingerprint density at radius 3 is 2.91 bits per heavy atom. The molecular weight excluding hydrogens is 280 g/mol. The van der Waals surface area contributed by atoms with Crippen LogP contribution in [0.1, 0.15) is 41.7 Å². The van der Waals surface area contributed by atoms with Gasteiger partial charge >= 0.3 is 0 Å². The molecule has 0 unspecified atom stereocenters. The Kier molecular flexibility index (Phi) is 4.45. The molecule has 0 N–H and O–H groups in total. The summed E-state index contributed by atoms with van der Waals surface area (Å²) in [6.07, 6.45) is 5.66. The number of carbonyl (C=O) groups excluding carboxylic acids is 1. The first-order valence-corrected chi connectivity index (χ1v) is 8.04. The summed E-state index contributed by atoms with van der Waals surface area (Å²) in [6.45, 7) is 4.11. The summed E-state index contributed by atoms with van der Waals surface area (Å²) >= 11 is 0. The zero-order valence-electron chi connectivity index (χ0n) is 13.4. The van der Waals surface area contributed by atoms with Gasteiger partial charge in [0.2, 0.25) is 0 Å². The van der Waals surface area contributed by atoms with E-state index in [4.69, 9.17) is 9.47 Å². The lowest BCUT2D eigenvalue weighted by molar-refractivity contribution is -0.183. The maximum Gasteiger partial charge on any atom is 0.255 e. The molecule has 0 bridgehead atoms. The van der Waals surface area contributed by atoms with Crippen LogP contribution in [0, 0.1) is 6.92 Å². The largest absolute Gasteiger partial charge is 0.378 e. The Balaban J connectivity index is 1.69. The third-order valence-electron chi connectivity index (χ3n) is 5.01. The van der Waals surface area contributed by atoms with E-state index in [0.29, 0.717) is 18.7 Å². The minimum absolute atomic E-state index is 0.0743. The second kappa shape index (κ2) is 6.34. The minimum atomic E-state index is -0.201. The van der Waals surface area contributed by atoms with Crippen LogP contribution in [0.3, 0.4) is 0 Å². The number of aryl methyl sites for hydroxylation is 1. The molecule has 0 saturated carbocycles. The number of nitrogens with zero attached hydrogens (tertiary/aromatic N) is 2. The number of rotatable bonds is 2. The van der Waals surface area contributed by atoms with Gasteiger partial charge in [0.25, 0.3) is 5.91 Å². The minimum Gasteiger partial charge on any atom is -0.378 e. The van der Waals surface area contributed by atoms with Gasteiger partial charge in [0.05, 0.1) is 17.3 Å². The number of methoxy groups -OCH3 is 1. The Bertz CT molecular complexity index is 538. The molecule has 3 heterocycles. The summed E-state index contributed by atoms with van der Waals surface area (Å²) in [4.78, 5) is 18.8. The number of likely N-dealkylation sites (tertiary alicyclic amines) is 1. The molecule has 1 aromatic heterocycles. The van der Waals surface area contributed by atoms with E-state index in [-0.39, 0.29) is 17.6 Å². The van der Waals surface area contributed by atoms with E-state index in [9.17, 15) is 4.79 Å². The van der Waals surface area contributed by atoms with Gasteiger partial charge in [0.15, 0.2) is 0 Å². The predicted octanol–water partition coefficient (Wildman–Crippen LogP) is 2.19. The second-order valence-corrected chi connectivity index (χ2v) is 6.21. The van der Waals surface area contributed by atoms with Crippen molar-refractivity contribution in [3.05, 3.63) is 29.6 Å². The van der Waals surface area contributed by atoms with Crippen molar-refractivity contribution < 1.29 is 14.3 Å². The van der Waals surface area contributed by atoms with Crippen LogP contribution in [0.5, 0.6) is 0 Å². The Morgan fingerprint density at radius 2 is 2.23 bits per heavy atom. The van der Waals surface area contributed by atoms with Crippen LogP contribution in [-0.4, -0.2) is 54.3 Å². The fourth-order valence-corrected chi connectivity index (χ4v) is 3.67. The van der Waals surface area contributed by atoms with Gasteiger partial charge in [-0.15, -0.1) is 0 Å². The van der Waals surface area contributed by atoms with Crippen LogP contribution in [-0.2, 0) is 9.47 Å². The van der Waals surface area contributed by atoms with Crippen molar-refractivity contribution in [2.45, 2.75) is 44.3 Å². The first-order chi connectivity index (χ1) is 10.7. The van der Waals surface area contributed by atoms with Gasteiger partial charge in [0.1, 0.15) is 0 Å². The average Bonchev–Trinajstić information content (AvgIpc) is 2.56. The molecule has 1 aromatic rings. The molecular formula is C17H24N2O3. The number of amides is 1. The summed E-state index contributed by atoms with van der Waals surface area (Å²) in [5.74, 6) is 0.0743. The first kappa shape index (κ1) is 15.4. The molecule has 1 amide bonds. The smallest absolute Gasteiger partial charge is 0.255 e. The van der Waals surface area contributed by atoms with Crippen LogP contribution < -0.4 is 0 Å². The Hall–Kier alpha value is -1.46. The van der Waals surface area contributed by atoms with Crippen molar-refractivity contribution in [1.82, 2.24) is 9.88 Å². The van der Waals surface area contributed by atoms with Crippen LogP contribution in [0.2, 0.25) is 0 Å². The fraction of sp³-hybridized carbons (Fsp3) is 0.647.